The molecule has 0 rings (SSSR count). The Kier molecular flexibility index (Phi) is 12.7. The maximum Gasteiger partial charge on any atom is 0.306 e. The largest absolute Gasteiger partial charge is 0.466 e. The van der Waals surface area contributed by atoms with Gasteiger partial charge >= 0.3 is 5.97 Å². The summed E-state index contributed by atoms with van der Waals surface area (Å²) in [7, 11) is 0. The van der Waals surface area contributed by atoms with Crippen LogP contribution < -0.4 is 0 Å². The number of thioether (sulfide) groups is 1. The highest BCUT2D eigenvalue weighted by Crippen LogP contribution is 2.10. The lowest BCUT2D eigenvalue weighted by Gasteiger charge is -2.02. The van der Waals surface area contributed by atoms with Crippen LogP contribution in [-0.4, -0.2) is 24.1 Å². The van der Waals surface area contributed by atoms with Gasteiger partial charge < -0.3 is 4.74 Å². The van der Waals surface area contributed by atoms with Gasteiger partial charge in [-0.25, -0.2) is 0 Å². The van der Waals surface area contributed by atoms with Crippen LogP contribution in [0.5, 0.6) is 0 Å². The Bertz CT molecular complexity index is 160. The van der Waals surface area contributed by atoms with E-state index in [0.717, 1.165) is 5.75 Å². The molecule has 0 saturated heterocycles. The fourth-order valence-electron chi connectivity index (χ4n) is 1.48. The zero-order chi connectivity index (χ0) is 12.1. The molecule has 0 aromatic heterocycles. The van der Waals surface area contributed by atoms with Gasteiger partial charge in [0.2, 0.25) is 0 Å². The second-order valence-electron chi connectivity index (χ2n) is 3.94. The number of hydrogen-bond acceptors (Lipinski definition) is 3. The minimum absolute atomic E-state index is 0.0575. The maximum absolute atomic E-state index is 11.0. The molecule has 0 aromatic rings. The smallest absolute Gasteiger partial charge is 0.306 e. The van der Waals surface area contributed by atoms with Gasteiger partial charge in [-0.3, -0.25) is 4.79 Å². The molecule has 0 N–H and O–H groups in total. The van der Waals surface area contributed by atoms with Crippen LogP contribution in [0, 0.1) is 0 Å². The van der Waals surface area contributed by atoms with Crippen molar-refractivity contribution in [2.75, 3.05) is 18.1 Å². The standard InChI is InChI=1S/C13H26O2S/c1-3-5-6-7-8-9-11-16-12-10-13(14)15-4-2/h3-12H2,1-2H3. The van der Waals surface area contributed by atoms with Gasteiger partial charge in [-0.15, -0.1) is 0 Å². The third kappa shape index (κ3) is 11.9. The molecule has 3 heteroatoms. The molecule has 0 unspecified atom stereocenters. The predicted molar refractivity (Wildman–Crippen MR) is 72.0 cm³/mol. The van der Waals surface area contributed by atoms with E-state index in [-0.39, 0.29) is 5.97 Å². The molecular formula is C13H26O2S. The Balaban J connectivity index is 3.01. The van der Waals surface area contributed by atoms with Crippen LogP contribution in [0.25, 0.3) is 0 Å². The molecule has 2 nitrogen and oxygen atoms in total. The summed E-state index contributed by atoms with van der Waals surface area (Å²) in [5.41, 5.74) is 0. The van der Waals surface area contributed by atoms with Gasteiger partial charge in [0.05, 0.1) is 13.0 Å². The number of rotatable bonds is 11. The highest BCUT2D eigenvalue weighted by Gasteiger charge is 2.00. The Hall–Kier alpha value is -0.180. The first-order valence-electron chi connectivity index (χ1n) is 6.54. The first-order chi connectivity index (χ1) is 7.81. The van der Waals surface area contributed by atoms with E-state index in [0.29, 0.717) is 13.0 Å². The van der Waals surface area contributed by atoms with Crippen molar-refractivity contribution in [2.24, 2.45) is 0 Å². The molecule has 0 heterocycles. The Morgan fingerprint density at radius 2 is 1.69 bits per heavy atom. The van der Waals surface area contributed by atoms with Gasteiger partial charge in [0.25, 0.3) is 0 Å². The Morgan fingerprint density at radius 1 is 1.00 bits per heavy atom. The molecule has 96 valence electrons. The normalized spacial score (nSPS) is 10.4. The molecule has 16 heavy (non-hydrogen) atoms. The van der Waals surface area contributed by atoms with E-state index in [4.69, 9.17) is 4.74 Å². The Morgan fingerprint density at radius 3 is 2.38 bits per heavy atom. The molecule has 0 spiro atoms. The molecule has 0 aliphatic rings. The maximum atomic E-state index is 11.0. The number of carbonyl (C=O) groups is 1. The van der Waals surface area contributed by atoms with Gasteiger partial charge in [0.15, 0.2) is 0 Å². The van der Waals surface area contributed by atoms with E-state index in [1.54, 1.807) is 0 Å². The number of esters is 1. The van der Waals surface area contributed by atoms with E-state index < -0.39 is 0 Å². The van der Waals surface area contributed by atoms with Crippen molar-refractivity contribution < 1.29 is 9.53 Å². The van der Waals surface area contributed by atoms with Crippen molar-refractivity contribution in [1.82, 2.24) is 0 Å². The minimum Gasteiger partial charge on any atom is -0.466 e. The third-order valence-corrected chi connectivity index (χ3v) is 3.47. The molecule has 0 fully saturated rings. The SMILES string of the molecule is CCCCCCCCSCCC(=O)OCC. The fraction of sp³-hybridized carbons (Fsp3) is 0.923. The summed E-state index contributed by atoms with van der Waals surface area (Å²) < 4.78 is 4.86. The van der Waals surface area contributed by atoms with Crippen LogP contribution in [0.15, 0.2) is 0 Å². The third-order valence-electron chi connectivity index (χ3n) is 2.40. The van der Waals surface area contributed by atoms with E-state index in [1.807, 2.05) is 18.7 Å². The van der Waals surface area contributed by atoms with Crippen LogP contribution in [0.2, 0.25) is 0 Å². The van der Waals surface area contributed by atoms with Crippen LogP contribution in [-0.2, 0) is 9.53 Å². The Labute approximate surface area is 105 Å². The van der Waals surface area contributed by atoms with Gasteiger partial charge in [-0.1, -0.05) is 39.0 Å². The second kappa shape index (κ2) is 12.9. The summed E-state index contributed by atoms with van der Waals surface area (Å²) in [4.78, 5) is 11.0. The van der Waals surface area contributed by atoms with Crippen molar-refractivity contribution >= 4 is 17.7 Å². The molecule has 0 aliphatic heterocycles. The summed E-state index contributed by atoms with van der Waals surface area (Å²) in [5.74, 6) is 2.04. The first kappa shape index (κ1) is 15.8. The van der Waals surface area contributed by atoms with Crippen molar-refractivity contribution in [3.8, 4) is 0 Å². The summed E-state index contributed by atoms with van der Waals surface area (Å²) in [6.07, 6.45) is 8.62. The second-order valence-corrected chi connectivity index (χ2v) is 5.16. The average Bonchev–Trinajstić information content (AvgIpc) is 2.27. The van der Waals surface area contributed by atoms with Crippen LogP contribution in [0.1, 0.15) is 58.8 Å². The average molecular weight is 246 g/mol. The lowest BCUT2D eigenvalue weighted by atomic mass is 10.1. The van der Waals surface area contributed by atoms with Crippen molar-refractivity contribution in [3.05, 3.63) is 0 Å². The van der Waals surface area contributed by atoms with E-state index >= 15 is 0 Å². The molecule has 0 aliphatic carbocycles. The highest BCUT2D eigenvalue weighted by molar-refractivity contribution is 7.99. The zero-order valence-corrected chi connectivity index (χ0v) is 11.6. The van der Waals surface area contributed by atoms with E-state index in [1.165, 1.54) is 44.3 Å². The van der Waals surface area contributed by atoms with Crippen LogP contribution in [0.3, 0.4) is 0 Å². The lowest BCUT2D eigenvalue weighted by Crippen LogP contribution is -2.04. The number of unbranched alkanes of at least 4 members (excludes halogenated alkanes) is 5. The lowest BCUT2D eigenvalue weighted by molar-refractivity contribution is -0.142. The molecule has 0 saturated carbocycles. The summed E-state index contributed by atoms with van der Waals surface area (Å²) >= 11 is 1.87. The van der Waals surface area contributed by atoms with Crippen LogP contribution >= 0.6 is 11.8 Å². The first-order valence-corrected chi connectivity index (χ1v) is 7.70. The summed E-state index contributed by atoms with van der Waals surface area (Å²) in [5, 5.41) is 0. The molecule has 0 radical (unpaired) electrons. The van der Waals surface area contributed by atoms with Gasteiger partial charge in [-0.05, 0) is 19.1 Å². The molecule has 0 amide bonds. The minimum atomic E-state index is -0.0575. The number of hydrogen-bond donors (Lipinski definition) is 0. The topological polar surface area (TPSA) is 26.3 Å². The highest BCUT2D eigenvalue weighted by atomic mass is 32.2. The molecule has 0 bridgehead atoms. The zero-order valence-electron chi connectivity index (χ0n) is 10.8. The van der Waals surface area contributed by atoms with Crippen molar-refractivity contribution in [1.29, 1.82) is 0 Å². The fourth-order valence-corrected chi connectivity index (χ4v) is 2.40. The molecule has 0 atom stereocenters. The summed E-state index contributed by atoms with van der Waals surface area (Å²) in [6, 6.07) is 0. The monoisotopic (exact) mass is 246 g/mol. The molecule has 0 aromatic carbocycles. The quantitative estimate of drug-likeness (QED) is 0.406. The van der Waals surface area contributed by atoms with E-state index in [2.05, 4.69) is 6.92 Å². The predicted octanol–water partition coefficient (Wildman–Crippen LogP) is 4.03. The van der Waals surface area contributed by atoms with Crippen molar-refractivity contribution in [2.45, 2.75) is 58.8 Å². The van der Waals surface area contributed by atoms with Gasteiger partial charge in [-0.2, -0.15) is 11.8 Å². The van der Waals surface area contributed by atoms with Gasteiger partial charge in [0, 0.05) is 5.75 Å². The number of ether oxygens (including phenoxy) is 1. The molecular weight excluding hydrogens is 220 g/mol. The van der Waals surface area contributed by atoms with Gasteiger partial charge in [0.1, 0.15) is 0 Å². The van der Waals surface area contributed by atoms with Crippen molar-refractivity contribution in [3.63, 3.8) is 0 Å². The summed E-state index contributed by atoms with van der Waals surface area (Å²) in [6.45, 7) is 4.59. The van der Waals surface area contributed by atoms with E-state index in [9.17, 15) is 4.79 Å². The number of carbonyl (C=O) groups excluding carboxylic acids is 1. The van der Waals surface area contributed by atoms with Crippen LogP contribution in [0.4, 0.5) is 0 Å².